The first-order valence-corrected chi connectivity index (χ1v) is 7.55. The maximum absolute atomic E-state index is 12.7. The summed E-state index contributed by atoms with van der Waals surface area (Å²) in [6.07, 6.45) is 2.03. The average molecular weight is 296 g/mol. The molecule has 0 bridgehead atoms. The Balaban J connectivity index is 1.58. The predicted molar refractivity (Wildman–Crippen MR) is 81.0 cm³/mol. The van der Waals surface area contributed by atoms with Gasteiger partial charge in [0.05, 0.1) is 0 Å². The summed E-state index contributed by atoms with van der Waals surface area (Å²) >= 11 is 0. The van der Waals surface area contributed by atoms with Crippen LogP contribution < -0.4 is 10.1 Å². The third kappa shape index (κ3) is 5.61. The Morgan fingerprint density at radius 3 is 2.62 bits per heavy atom. The SMILES string of the molecule is CC(CNCC(O)COc1ccc(F)cc1)N(C)C1CC1. The highest BCUT2D eigenvalue weighted by molar-refractivity contribution is 5.22. The Bertz CT molecular complexity index is 423. The summed E-state index contributed by atoms with van der Waals surface area (Å²) in [5.41, 5.74) is 0. The van der Waals surface area contributed by atoms with E-state index < -0.39 is 6.10 Å². The van der Waals surface area contributed by atoms with Crippen molar-refractivity contribution in [3.8, 4) is 5.75 Å². The molecular formula is C16H25FN2O2. The summed E-state index contributed by atoms with van der Waals surface area (Å²) in [6.45, 7) is 3.73. The van der Waals surface area contributed by atoms with E-state index in [4.69, 9.17) is 4.74 Å². The van der Waals surface area contributed by atoms with E-state index in [1.54, 1.807) is 12.1 Å². The van der Waals surface area contributed by atoms with E-state index in [1.807, 2.05) is 0 Å². The molecule has 1 aromatic carbocycles. The number of nitrogens with zero attached hydrogens (tertiary/aromatic N) is 1. The Morgan fingerprint density at radius 1 is 1.33 bits per heavy atom. The summed E-state index contributed by atoms with van der Waals surface area (Å²) < 4.78 is 18.1. The fraction of sp³-hybridized carbons (Fsp3) is 0.625. The molecule has 2 rings (SSSR count). The van der Waals surface area contributed by atoms with Crippen molar-refractivity contribution in [2.75, 3.05) is 26.7 Å². The standard InChI is InChI=1S/C16H25FN2O2/c1-12(19(2)14-5-6-14)9-18-10-15(20)11-21-16-7-3-13(17)4-8-16/h3-4,7-8,12,14-15,18,20H,5-6,9-11H2,1-2H3. The van der Waals surface area contributed by atoms with E-state index in [-0.39, 0.29) is 12.4 Å². The number of hydrogen-bond acceptors (Lipinski definition) is 4. The van der Waals surface area contributed by atoms with Crippen LogP contribution in [0.15, 0.2) is 24.3 Å². The summed E-state index contributed by atoms with van der Waals surface area (Å²) in [5, 5.41) is 13.1. The molecule has 0 aromatic heterocycles. The predicted octanol–water partition coefficient (Wildman–Crippen LogP) is 1.64. The van der Waals surface area contributed by atoms with Gasteiger partial charge in [-0.3, -0.25) is 4.90 Å². The van der Waals surface area contributed by atoms with Gasteiger partial charge in [0, 0.05) is 25.2 Å². The Morgan fingerprint density at radius 2 is 2.00 bits per heavy atom. The first kappa shape index (κ1) is 16.2. The second kappa shape index (κ2) is 7.73. The third-order valence-corrected chi connectivity index (χ3v) is 3.89. The number of halogens is 1. The largest absolute Gasteiger partial charge is 0.491 e. The molecule has 0 amide bonds. The Kier molecular flexibility index (Phi) is 5.96. The van der Waals surface area contributed by atoms with E-state index in [2.05, 4.69) is 24.2 Å². The molecule has 118 valence electrons. The van der Waals surface area contributed by atoms with E-state index >= 15 is 0 Å². The van der Waals surface area contributed by atoms with Gasteiger partial charge < -0.3 is 15.2 Å². The molecule has 1 saturated carbocycles. The molecule has 21 heavy (non-hydrogen) atoms. The maximum Gasteiger partial charge on any atom is 0.123 e. The highest BCUT2D eigenvalue weighted by Gasteiger charge is 2.28. The fourth-order valence-electron chi connectivity index (χ4n) is 2.23. The van der Waals surface area contributed by atoms with Crippen molar-refractivity contribution >= 4 is 0 Å². The number of ether oxygens (including phenoxy) is 1. The van der Waals surface area contributed by atoms with Crippen LogP contribution in [0.2, 0.25) is 0 Å². The zero-order valence-electron chi connectivity index (χ0n) is 12.8. The molecule has 0 heterocycles. The fourth-order valence-corrected chi connectivity index (χ4v) is 2.23. The van der Waals surface area contributed by atoms with Crippen molar-refractivity contribution in [3.63, 3.8) is 0 Å². The number of rotatable bonds is 9. The molecular weight excluding hydrogens is 271 g/mol. The van der Waals surface area contributed by atoms with Crippen molar-refractivity contribution in [1.82, 2.24) is 10.2 Å². The van der Waals surface area contributed by atoms with E-state index in [0.29, 0.717) is 18.3 Å². The van der Waals surface area contributed by atoms with Crippen LogP contribution in [0.3, 0.4) is 0 Å². The molecule has 1 aliphatic carbocycles. The summed E-state index contributed by atoms with van der Waals surface area (Å²) in [5.74, 6) is 0.274. The van der Waals surface area contributed by atoms with Gasteiger partial charge >= 0.3 is 0 Å². The number of nitrogens with one attached hydrogen (secondary N) is 1. The summed E-state index contributed by atoms with van der Waals surface area (Å²) in [6, 6.07) is 7.01. The van der Waals surface area contributed by atoms with Gasteiger partial charge in [-0.1, -0.05) is 0 Å². The lowest BCUT2D eigenvalue weighted by atomic mass is 10.2. The Hall–Kier alpha value is -1.17. The number of hydrogen-bond donors (Lipinski definition) is 2. The number of aliphatic hydroxyl groups is 1. The molecule has 2 atom stereocenters. The lowest BCUT2D eigenvalue weighted by molar-refractivity contribution is 0.104. The van der Waals surface area contributed by atoms with Crippen LogP contribution in [-0.2, 0) is 0 Å². The second-order valence-electron chi connectivity index (χ2n) is 5.82. The number of likely N-dealkylation sites (N-methyl/N-ethyl adjacent to an activating group) is 1. The van der Waals surface area contributed by atoms with Crippen molar-refractivity contribution in [1.29, 1.82) is 0 Å². The van der Waals surface area contributed by atoms with Crippen molar-refractivity contribution in [2.45, 2.75) is 38.0 Å². The van der Waals surface area contributed by atoms with Gasteiger partial charge in [-0.05, 0) is 51.1 Å². The van der Waals surface area contributed by atoms with Crippen LogP contribution in [0.1, 0.15) is 19.8 Å². The van der Waals surface area contributed by atoms with Crippen LogP contribution in [0.4, 0.5) is 4.39 Å². The topological polar surface area (TPSA) is 44.7 Å². The van der Waals surface area contributed by atoms with Crippen LogP contribution in [-0.4, -0.2) is 54.9 Å². The third-order valence-electron chi connectivity index (χ3n) is 3.89. The zero-order valence-corrected chi connectivity index (χ0v) is 12.8. The molecule has 1 aromatic rings. The van der Waals surface area contributed by atoms with Gasteiger partial charge in [0.15, 0.2) is 0 Å². The van der Waals surface area contributed by atoms with Gasteiger partial charge in [-0.25, -0.2) is 4.39 Å². The van der Waals surface area contributed by atoms with Gasteiger partial charge in [0.2, 0.25) is 0 Å². The van der Waals surface area contributed by atoms with E-state index in [1.165, 1.54) is 25.0 Å². The lowest BCUT2D eigenvalue weighted by Crippen LogP contribution is -2.42. The van der Waals surface area contributed by atoms with Crippen LogP contribution >= 0.6 is 0 Å². The van der Waals surface area contributed by atoms with Crippen LogP contribution in [0, 0.1) is 5.82 Å². The summed E-state index contributed by atoms with van der Waals surface area (Å²) in [7, 11) is 2.15. The molecule has 1 aliphatic rings. The van der Waals surface area contributed by atoms with Crippen LogP contribution in [0.5, 0.6) is 5.75 Å². The first-order valence-electron chi connectivity index (χ1n) is 7.55. The molecule has 0 aliphatic heterocycles. The molecule has 0 radical (unpaired) electrons. The molecule has 1 fully saturated rings. The molecule has 4 nitrogen and oxygen atoms in total. The van der Waals surface area contributed by atoms with Gasteiger partial charge in [-0.15, -0.1) is 0 Å². The highest BCUT2D eigenvalue weighted by Crippen LogP contribution is 2.26. The van der Waals surface area contributed by atoms with E-state index in [0.717, 1.165) is 12.6 Å². The first-order chi connectivity index (χ1) is 10.1. The van der Waals surface area contributed by atoms with Crippen LogP contribution in [0.25, 0.3) is 0 Å². The van der Waals surface area contributed by atoms with Gasteiger partial charge in [0.25, 0.3) is 0 Å². The van der Waals surface area contributed by atoms with Crippen molar-refractivity contribution < 1.29 is 14.2 Å². The second-order valence-corrected chi connectivity index (χ2v) is 5.82. The quantitative estimate of drug-likeness (QED) is 0.727. The maximum atomic E-state index is 12.7. The Labute approximate surface area is 125 Å². The van der Waals surface area contributed by atoms with E-state index in [9.17, 15) is 9.50 Å². The minimum Gasteiger partial charge on any atom is -0.491 e. The smallest absolute Gasteiger partial charge is 0.123 e. The minimum absolute atomic E-state index is 0.200. The van der Waals surface area contributed by atoms with Gasteiger partial charge in [0.1, 0.15) is 24.3 Å². The van der Waals surface area contributed by atoms with Crippen molar-refractivity contribution in [2.24, 2.45) is 0 Å². The molecule has 2 N–H and O–H groups in total. The molecule has 5 heteroatoms. The summed E-state index contributed by atoms with van der Waals surface area (Å²) in [4.78, 5) is 2.38. The highest BCUT2D eigenvalue weighted by atomic mass is 19.1. The molecule has 0 saturated heterocycles. The van der Waals surface area contributed by atoms with Crippen molar-refractivity contribution in [3.05, 3.63) is 30.1 Å². The normalized spacial score (nSPS) is 17.8. The van der Waals surface area contributed by atoms with Gasteiger partial charge in [-0.2, -0.15) is 0 Å². The minimum atomic E-state index is -0.575. The lowest BCUT2D eigenvalue weighted by Gasteiger charge is -2.25. The molecule has 0 spiro atoms. The number of aliphatic hydroxyl groups excluding tert-OH is 1. The molecule has 2 unspecified atom stereocenters. The monoisotopic (exact) mass is 296 g/mol. The number of benzene rings is 1. The average Bonchev–Trinajstić information content (AvgIpc) is 3.30. The zero-order chi connectivity index (χ0) is 15.2.